The van der Waals surface area contributed by atoms with Crippen molar-refractivity contribution in [1.29, 1.82) is 10.5 Å². The molecule has 0 aromatic carbocycles. The minimum Gasteiger partial charge on any atom is -0.312 e. The number of rotatable bonds is 2. The SMILES string of the molecule is CN(C)/N=N/c1nc(C#N)c(C#N)[nH]1. The molecule has 0 amide bonds. The van der Waals surface area contributed by atoms with Crippen LogP contribution in [0.15, 0.2) is 10.3 Å². The predicted molar refractivity (Wildman–Crippen MR) is 46.2 cm³/mol. The van der Waals surface area contributed by atoms with Crippen LogP contribution in [-0.2, 0) is 0 Å². The Hall–Kier alpha value is -2.41. The second kappa shape index (κ2) is 4.01. The molecule has 0 atom stereocenters. The highest BCUT2D eigenvalue weighted by molar-refractivity contribution is 5.40. The highest BCUT2D eigenvalue weighted by Crippen LogP contribution is 2.10. The minimum atomic E-state index is 0.0280. The summed E-state index contributed by atoms with van der Waals surface area (Å²) < 4.78 is 0. The molecule has 14 heavy (non-hydrogen) atoms. The molecular weight excluding hydrogens is 182 g/mol. The first-order valence-electron chi connectivity index (χ1n) is 3.66. The van der Waals surface area contributed by atoms with Gasteiger partial charge in [-0.1, -0.05) is 10.3 Å². The van der Waals surface area contributed by atoms with E-state index in [-0.39, 0.29) is 17.3 Å². The molecule has 0 aliphatic rings. The minimum absolute atomic E-state index is 0.0280. The Balaban J connectivity index is 2.99. The Morgan fingerprint density at radius 2 is 2.07 bits per heavy atom. The van der Waals surface area contributed by atoms with Gasteiger partial charge in [-0.05, 0) is 0 Å². The van der Waals surface area contributed by atoms with Gasteiger partial charge in [-0.3, -0.25) is 5.01 Å². The van der Waals surface area contributed by atoms with E-state index in [1.807, 2.05) is 0 Å². The monoisotopic (exact) mass is 189 g/mol. The summed E-state index contributed by atoms with van der Waals surface area (Å²) in [4.78, 5) is 6.30. The van der Waals surface area contributed by atoms with Crippen LogP contribution in [0.3, 0.4) is 0 Å². The highest BCUT2D eigenvalue weighted by atomic mass is 15.5. The van der Waals surface area contributed by atoms with Crippen LogP contribution >= 0.6 is 0 Å². The Morgan fingerprint density at radius 1 is 1.36 bits per heavy atom. The zero-order valence-corrected chi connectivity index (χ0v) is 7.68. The number of nitrogens with one attached hydrogen (secondary N) is 1. The summed E-state index contributed by atoms with van der Waals surface area (Å²) in [5.41, 5.74) is 0.125. The Morgan fingerprint density at radius 3 is 2.50 bits per heavy atom. The molecule has 0 aliphatic carbocycles. The van der Waals surface area contributed by atoms with Gasteiger partial charge in [-0.15, -0.1) is 0 Å². The predicted octanol–water partition coefficient (Wildman–Crippen LogP) is 0.713. The first kappa shape index (κ1) is 9.68. The molecule has 0 aliphatic heterocycles. The lowest BCUT2D eigenvalue weighted by atomic mass is 10.4. The van der Waals surface area contributed by atoms with Crippen molar-refractivity contribution in [3.05, 3.63) is 11.4 Å². The summed E-state index contributed by atoms with van der Waals surface area (Å²) in [6.45, 7) is 0. The number of nitrogens with zero attached hydrogens (tertiary/aromatic N) is 6. The highest BCUT2D eigenvalue weighted by Gasteiger charge is 2.07. The van der Waals surface area contributed by atoms with Crippen LogP contribution in [0.5, 0.6) is 0 Å². The zero-order valence-electron chi connectivity index (χ0n) is 7.68. The molecule has 0 saturated carbocycles. The van der Waals surface area contributed by atoms with Crippen molar-refractivity contribution in [2.45, 2.75) is 0 Å². The Kier molecular flexibility index (Phi) is 2.77. The van der Waals surface area contributed by atoms with Gasteiger partial charge in [0.15, 0.2) is 11.4 Å². The number of aromatic nitrogens is 2. The van der Waals surface area contributed by atoms with Crippen molar-refractivity contribution < 1.29 is 0 Å². The molecule has 0 radical (unpaired) electrons. The van der Waals surface area contributed by atoms with Gasteiger partial charge in [-0.25, -0.2) is 0 Å². The fourth-order valence-corrected chi connectivity index (χ4v) is 0.702. The maximum Gasteiger partial charge on any atom is 0.250 e. The van der Waals surface area contributed by atoms with E-state index in [0.29, 0.717) is 0 Å². The Bertz CT molecular complexity index is 396. The lowest BCUT2D eigenvalue weighted by Crippen LogP contribution is -1.98. The first-order valence-corrected chi connectivity index (χ1v) is 3.66. The van der Waals surface area contributed by atoms with Crippen LogP contribution in [0, 0.1) is 22.7 Å². The molecule has 0 unspecified atom stereocenters. The summed E-state index contributed by atoms with van der Waals surface area (Å²) in [5.74, 6) is 0.145. The first-order chi connectivity index (χ1) is 6.67. The summed E-state index contributed by atoms with van der Waals surface area (Å²) in [5, 5.41) is 26.0. The van der Waals surface area contributed by atoms with Crippen LogP contribution in [0.1, 0.15) is 11.4 Å². The molecular formula is C7H7N7. The number of nitriles is 2. The molecule has 70 valence electrons. The van der Waals surface area contributed by atoms with E-state index in [2.05, 4.69) is 20.3 Å². The summed E-state index contributed by atoms with van der Waals surface area (Å²) >= 11 is 0. The number of imidazole rings is 1. The fraction of sp³-hybridized carbons (Fsp3) is 0.286. The van der Waals surface area contributed by atoms with Crippen molar-refractivity contribution >= 4 is 5.95 Å². The van der Waals surface area contributed by atoms with Crippen LogP contribution in [0.2, 0.25) is 0 Å². The van der Waals surface area contributed by atoms with Crippen molar-refractivity contribution in [2.24, 2.45) is 10.3 Å². The standard InChI is InChI=1S/C7H7N7/c1-14(2)13-12-7-10-5(3-8)6(4-9)11-7/h1-2H3,(H,10,11)/b13-12+. The fourth-order valence-electron chi connectivity index (χ4n) is 0.702. The van der Waals surface area contributed by atoms with Crippen LogP contribution in [0.4, 0.5) is 5.95 Å². The van der Waals surface area contributed by atoms with Gasteiger partial charge < -0.3 is 4.98 Å². The molecule has 0 saturated heterocycles. The lowest BCUT2D eigenvalue weighted by Gasteiger charge is -1.97. The van der Waals surface area contributed by atoms with Gasteiger partial charge in [0.1, 0.15) is 12.1 Å². The smallest absolute Gasteiger partial charge is 0.250 e. The Labute approximate surface area is 80.3 Å². The second-order valence-corrected chi connectivity index (χ2v) is 2.54. The summed E-state index contributed by atoms with van der Waals surface area (Å²) in [6.07, 6.45) is 0. The van der Waals surface area contributed by atoms with Gasteiger partial charge in [-0.2, -0.15) is 15.5 Å². The average molecular weight is 189 g/mol. The average Bonchev–Trinajstić information content (AvgIpc) is 2.57. The van der Waals surface area contributed by atoms with Crippen molar-refractivity contribution in [3.8, 4) is 12.1 Å². The molecule has 0 spiro atoms. The third-order valence-electron chi connectivity index (χ3n) is 1.23. The van der Waals surface area contributed by atoms with E-state index < -0.39 is 0 Å². The third-order valence-corrected chi connectivity index (χ3v) is 1.23. The van der Waals surface area contributed by atoms with Crippen LogP contribution < -0.4 is 0 Å². The number of hydrogen-bond acceptors (Lipinski definition) is 5. The molecule has 1 aromatic heterocycles. The molecule has 1 aromatic rings. The lowest BCUT2D eigenvalue weighted by molar-refractivity contribution is 0.407. The van der Waals surface area contributed by atoms with Crippen LogP contribution in [0.25, 0.3) is 0 Å². The van der Waals surface area contributed by atoms with E-state index >= 15 is 0 Å². The van der Waals surface area contributed by atoms with E-state index in [0.717, 1.165) is 0 Å². The van der Waals surface area contributed by atoms with E-state index in [1.54, 1.807) is 26.2 Å². The molecule has 7 nitrogen and oxygen atoms in total. The molecule has 1 heterocycles. The maximum atomic E-state index is 8.59. The second-order valence-electron chi connectivity index (χ2n) is 2.54. The van der Waals surface area contributed by atoms with Crippen molar-refractivity contribution in [3.63, 3.8) is 0 Å². The molecule has 1 N–H and O–H groups in total. The quantitative estimate of drug-likeness (QED) is 0.546. The van der Waals surface area contributed by atoms with Gasteiger partial charge in [0, 0.05) is 14.1 Å². The van der Waals surface area contributed by atoms with Gasteiger partial charge >= 0.3 is 0 Å². The number of H-pyrrole nitrogens is 1. The topological polar surface area (TPSA) is 104 Å². The number of hydrogen-bond donors (Lipinski definition) is 1. The zero-order chi connectivity index (χ0) is 10.6. The maximum absolute atomic E-state index is 8.59. The van der Waals surface area contributed by atoms with Gasteiger partial charge in [0.25, 0.3) is 5.95 Å². The molecule has 0 bridgehead atoms. The summed E-state index contributed by atoms with van der Waals surface area (Å²) in [6, 6.07) is 3.57. The van der Waals surface area contributed by atoms with Crippen LogP contribution in [-0.4, -0.2) is 29.1 Å². The van der Waals surface area contributed by atoms with Crippen molar-refractivity contribution in [1.82, 2.24) is 15.0 Å². The number of aromatic amines is 1. The van der Waals surface area contributed by atoms with Gasteiger partial charge in [0.05, 0.1) is 0 Å². The van der Waals surface area contributed by atoms with E-state index in [4.69, 9.17) is 10.5 Å². The molecule has 1 rings (SSSR count). The summed E-state index contributed by atoms with van der Waals surface area (Å²) in [7, 11) is 3.39. The largest absolute Gasteiger partial charge is 0.312 e. The normalized spacial score (nSPS) is 9.71. The van der Waals surface area contributed by atoms with E-state index in [9.17, 15) is 0 Å². The molecule has 7 heteroatoms. The van der Waals surface area contributed by atoms with Crippen molar-refractivity contribution in [2.75, 3.05) is 14.1 Å². The van der Waals surface area contributed by atoms with E-state index in [1.165, 1.54) is 5.01 Å². The van der Waals surface area contributed by atoms with Gasteiger partial charge in [0.2, 0.25) is 0 Å². The third kappa shape index (κ3) is 2.05. The molecule has 0 fully saturated rings.